The topological polar surface area (TPSA) is 93.2 Å². The fraction of sp³-hybridized carbons (Fsp3) is 0.300. The number of hydrogen-bond donors (Lipinski definition) is 1. The molecule has 1 aliphatic rings. The van der Waals surface area contributed by atoms with E-state index in [9.17, 15) is 4.79 Å². The Morgan fingerprint density at radius 3 is 2.86 bits per heavy atom. The van der Waals surface area contributed by atoms with E-state index < -0.39 is 0 Å². The van der Waals surface area contributed by atoms with Crippen LogP contribution < -0.4 is 15.0 Å². The molecule has 1 aromatic carbocycles. The largest absolute Gasteiger partial charge is 0.493 e. The summed E-state index contributed by atoms with van der Waals surface area (Å²) < 4.78 is 10.9. The Kier molecular flexibility index (Phi) is 5.03. The molecule has 1 N–H and O–H groups in total. The summed E-state index contributed by atoms with van der Waals surface area (Å²) in [7, 11) is 3.27. The third kappa shape index (κ3) is 3.46. The van der Waals surface area contributed by atoms with Gasteiger partial charge in [0.25, 0.3) is 5.56 Å². The Balaban J connectivity index is 1.62. The van der Waals surface area contributed by atoms with Crippen LogP contribution in [0.2, 0.25) is 0 Å². The minimum atomic E-state index is -0.107. The Hall–Kier alpha value is -3.26. The van der Waals surface area contributed by atoms with Crippen LogP contribution in [0.1, 0.15) is 16.8 Å². The maximum atomic E-state index is 12.5. The maximum absolute atomic E-state index is 12.5. The number of nitrogens with one attached hydrogen (secondary N) is 1. The first-order valence-corrected chi connectivity index (χ1v) is 9.00. The summed E-state index contributed by atoms with van der Waals surface area (Å²) in [6.07, 6.45) is 5.40. The SMILES string of the molecule is COc1cccc(CN2CCc3c(nc(-c4cnccn4)[nH]c3=O)C2)c1OC. The lowest BCUT2D eigenvalue weighted by molar-refractivity contribution is 0.235. The molecule has 0 aliphatic carbocycles. The highest BCUT2D eigenvalue weighted by Crippen LogP contribution is 2.32. The molecule has 0 radical (unpaired) electrons. The summed E-state index contributed by atoms with van der Waals surface area (Å²) in [5.74, 6) is 1.88. The number of aromatic nitrogens is 4. The van der Waals surface area contributed by atoms with Gasteiger partial charge in [-0.25, -0.2) is 9.97 Å². The fourth-order valence-corrected chi connectivity index (χ4v) is 3.49. The van der Waals surface area contributed by atoms with Gasteiger partial charge in [-0.15, -0.1) is 0 Å². The number of rotatable bonds is 5. The Morgan fingerprint density at radius 1 is 1.21 bits per heavy atom. The first-order chi connectivity index (χ1) is 13.7. The highest BCUT2D eigenvalue weighted by molar-refractivity contribution is 5.48. The van der Waals surface area contributed by atoms with E-state index in [4.69, 9.17) is 9.47 Å². The average molecular weight is 379 g/mol. The van der Waals surface area contributed by atoms with Gasteiger partial charge in [0.1, 0.15) is 5.69 Å². The van der Waals surface area contributed by atoms with E-state index in [0.717, 1.165) is 29.1 Å². The molecule has 3 aromatic rings. The molecule has 28 heavy (non-hydrogen) atoms. The third-order valence-electron chi connectivity index (χ3n) is 4.84. The summed E-state index contributed by atoms with van der Waals surface area (Å²) in [4.78, 5) is 30.5. The lowest BCUT2D eigenvalue weighted by Gasteiger charge is -2.28. The monoisotopic (exact) mass is 379 g/mol. The molecule has 0 unspecified atom stereocenters. The zero-order chi connectivity index (χ0) is 19.5. The number of nitrogens with zero attached hydrogens (tertiary/aromatic N) is 4. The van der Waals surface area contributed by atoms with Gasteiger partial charge in [0.15, 0.2) is 17.3 Å². The molecular formula is C20H21N5O3. The number of fused-ring (bicyclic) bond motifs is 1. The number of methoxy groups -OCH3 is 2. The first-order valence-electron chi connectivity index (χ1n) is 9.00. The summed E-state index contributed by atoms with van der Waals surface area (Å²) in [5, 5.41) is 0. The molecule has 0 fully saturated rings. The Bertz CT molecular complexity index is 1040. The van der Waals surface area contributed by atoms with Crippen molar-refractivity contribution in [3.8, 4) is 23.0 Å². The van der Waals surface area contributed by atoms with Gasteiger partial charge in [-0.05, 0) is 12.5 Å². The van der Waals surface area contributed by atoms with Crippen LogP contribution in [0.5, 0.6) is 11.5 Å². The van der Waals surface area contributed by atoms with E-state index in [0.29, 0.717) is 36.8 Å². The van der Waals surface area contributed by atoms with E-state index in [2.05, 4.69) is 24.8 Å². The van der Waals surface area contributed by atoms with Crippen LogP contribution in [0.15, 0.2) is 41.6 Å². The molecule has 0 atom stereocenters. The molecule has 2 aromatic heterocycles. The molecule has 0 saturated carbocycles. The summed E-state index contributed by atoms with van der Waals surface area (Å²) in [5.41, 5.74) is 2.99. The number of H-pyrrole nitrogens is 1. The summed E-state index contributed by atoms with van der Waals surface area (Å²) in [6.45, 7) is 2.02. The molecule has 4 rings (SSSR count). The van der Waals surface area contributed by atoms with Crippen molar-refractivity contribution in [3.05, 3.63) is 64.0 Å². The zero-order valence-corrected chi connectivity index (χ0v) is 15.8. The molecule has 0 amide bonds. The van der Waals surface area contributed by atoms with Gasteiger partial charge in [-0.1, -0.05) is 12.1 Å². The lowest BCUT2D eigenvalue weighted by Crippen LogP contribution is -2.35. The van der Waals surface area contributed by atoms with Crippen LogP contribution in [0.4, 0.5) is 0 Å². The molecule has 8 heteroatoms. The van der Waals surface area contributed by atoms with Crippen molar-refractivity contribution in [2.75, 3.05) is 20.8 Å². The van der Waals surface area contributed by atoms with Crippen LogP contribution in [-0.2, 0) is 19.5 Å². The van der Waals surface area contributed by atoms with E-state index in [-0.39, 0.29) is 5.56 Å². The van der Waals surface area contributed by atoms with Crippen molar-refractivity contribution in [2.45, 2.75) is 19.5 Å². The molecule has 144 valence electrons. The van der Waals surface area contributed by atoms with E-state index in [1.165, 1.54) is 0 Å². The molecular weight excluding hydrogens is 358 g/mol. The zero-order valence-electron chi connectivity index (χ0n) is 15.8. The molecule has 3 heterocycles. The van der Waals surface area contributed by atoms with Crippen molar-refractivity contribution < 1.29 is 9.47 Å². The molecule has 0 saturated heterocycles. The molecule has 8 nitrogen and oxygen atoms in total. The van der Waals surface area contributed by atoms with Crippen LogP contribution in [0, 0.1) is 0 Å². The normalized spacial score (nSPS) is 13.8. The number of hydrogen-bond acceptors (Lipinski definition) is 7. The van der Waals surface area contributed by atoms with Crippen molar-refractivity contribution in [3.63, 3.8) is 0 Å². The number of benzene rings is 1. The minimum absolute atomic E-state index is 0.107. The molecule has 0 spiro atoms. The van der Waals surface area contributed by atoms with Crippen LogP contribution in [-0.4, -0.2) is 45.6 Å². The van der Waals surface area contributed by atoms with Crippen molar-refractivity contribution in [1.82, 2.24) is 24.8 Å². The third-order valence-corrected chi connectivity index (χ3v) is 4.84. The quantitative estimate of drug-likeness (QED) is 0.722. The van der Waals surface area contributed by atoms with Crippen molar-refractivity contribution >= 4 is 0 Å². The smallest absolute Gasteiger partial charge is 0.254 e. The second-order valence-corrected chi connectivity index (χ2v) is 6.54. The number of aromatic amines is 1. The van der Waals surface area contributed by atoms with Gasteiger partial charge in [0.05, 0.1) is 26.1 Å². The van der Waals surface area contributed by atoms with Gasteiger partial charge in [0, 0.05) is 43.2 Å². The predicted octanol–water partition coefficient (Wildman–Crippen LogP) is 1.80. The number of para-hydroxylation sites is 1. The second-order valence-electron chi connectivity index (χ2n) is 6.54. The number of ether oxygens (including phenoxy) is 2. The van der Waals surface area contributed by atoms with Crippen molar-refractivity contribution in [1.29, 1.82) is 0 Å². The van der Waals surface area contributed by atoms with Crippen LogP contribution >= 0.6 is 0 Å². The van der Waals surface area contributed by atoms with Gasteiger partial charge in [-0.3, -0.25) is 14.7 Å². The second kappa shape index (κ2) is 7.77. The van der Waals surface area contributed by atoms with Gasteiger partial charge < -0.3 is 14.5 Å². The van der Waals surface area contributed by atoms with Crippen molar-refractivity contribution in [2.24, 2.45) is 0 Å². The molecule has 0 bridgehead atoms. The van der Waals surface area contributed by atoms with Gasteiger partial charge in [-0.2, -0.15) is 0 Å². The minimum Gasteiger partial charge on any atom is -0.493 e. The highest BCUT2D eigenvalue weighted by Gasteiger charge is 2.23. The standard InChI is InChI=1S/C20H21N5O3/c1-27-17-5-3-4-13(18(17)28-2)11-25-9-6-14-16(12-25)23-19(24-20(14)26)15-10-21-7-8-22-15/h3-5,7-8,10H,6,9,11-12H2,1-2H3,(H,23,24,26). The van der Waals surface area contributed by atoms with Crippen LogP contribution in [0.25, 0.3) is 11.5 Å². The van der Waals surface area contributed by atoms with E-state index >= 15 is 0 Å². The fourth-order valence-electron chi connectivity index (χ4n) is 3.49. The predicted molar refractivity (Wildman–Crippen MR) is 103 cm³/mol. The van der Waals surface area contributed by atoms with Crippen LogP contribution in [0.3, 0.4) is 0 Å². The Labute approximate surface area is 162 Å². The Morgan fingerprint density at radius 2 is 2.11 bits per heavy atom. The first kappa shape index (κ1) is 18.1. The van der Waals surface area contributed by atoms with Gasteiger partial charge in [0.2, 0.25) is 0 Å². The summed E-state index contributed by atoms with van der Waals surface area (Å²) >= 11 is 0. The lowest BCUT2D eigenvalue weighted by atomic mass is 10.0. The molecule has 1 aliphatic heterocycles. The van der Waals surface area contributed by atoms with E-state index in [1.54, 1.807) is 32.8 Å². The van der Waals surface area contributed by atoms with E-state index in [1.807, 2.05) is 18.2 Å². The van der Waals surface area contributed by atoms with Gasteiger partial charge >= 0.3 is 0 Å². The maximum Gasteiger partial charge on any atom is 0.254 e. The average Bonchev–Trinajstić information content (AvgIpc) is 2.74. The summed E-state index contributed by atoms with van der Waals surface area (Å²) in [6, 6.07) is 5.85. The highest BCUT2D eigenvalue weighted by atomic mass is 16.5.